The second-order valence-corrected chi connectivity index (χ2v) is 3.70. The summed E-state index contributed by atoms with van der Waals surface area (Å²) in [4.78, 5) is 11.4. The zero-order valence-electron chi connectivity index (χ0n) is 9.16. The number of nitrogens with zero attached hydrogens (tertiary/aromatic N) is 1. The predicted octanol–water partition coefficient (Wildman–Crippen LogP) is 2.07. The van der Waals surface area contributed by atoms with Crippen molar-refractivity contribution in [2.75, 3.05) is 7.11 Å². The summed E-state index contributed by atoms with van der Waals surface area (Å²) in [5.74, 6) is -1.08. The summed E-state index contributed by atoms with van der Waals surface area (Å²) in [5.41, 5.74) is -1.02. The van der Waals surface area contributed by atoms with Crippen molar-refractivity contribution in [2.24, 2.45) is 5.41 Å². The van der Waals surface area contributed by atoms with Crippen LogP contribution in [0.25, 0.3) is 0 Å². The fourth-order valence-electron chi connectivity index (χ4n) is 1.41. The third kappa shape index (κ3) is 2.37. The third-order valence-electron chi connectivity index (χ3n) is 2.38. The highest BCUT2D eigenvalue weighted by Gasteiger charge is 2.35. The second-order valence-electron chi connectivity index (χ2n) is 3.70. The van der Waals surface area contributed by atoms with E-state index in [1.165, 1.54) is 20.1 Å². The molecule has 84 valence electrons. The lowest BCUT2D eigenvalue weighted by Crippen LogP contribution is -2.30. The van der Waals surface area contributed by atoms with Crippen LogP contribution in [-0.4, -0.2) is 13.1 Å². The van der Waals surface area contributed by atoms with Gasteiger partial charge in [-0.05, 0) is 18.6 Å². The Morgan fingerprint density at radius 3 is 2.69 bits per heavy atom. The van der Waals surface area contributed by atoms with Crippen LogP contribution >= 0.6 is 0 Å². The van der Waals surface area contributed by atoms with Gasteiger partial charge in [0.15, 0.2) is 5.41 Å². The first-order valence-corrected chi connectivity index (χ1v) is 4.76. The molecule has 0 N–H and O–H groups in total. The first kappa shape index (κ1) is 12.2. The molecular weight excluding hydrogens is 209 g/mol. The molecule has 0 aromatic heterocycles. The summed E-state index contributed by atoms with van der Waals surface area (Å²) in [6.45, 7) is 1.44. The van der Waals surface area contributed by atoms with E-state index in [9.17, 15) is 9.18 Å². The third-order valence-corrected chi connectivity index (χ3v) is 2.38. The molecule has 1 unspecified atom stereocenters. The van der Waals surface area contributed by atoms with E-state index in [-0.39, 0.29) is 6.42 Å². The van der Waals surface area contributed by atoms with E-state index in [1.807, 2.05) is 6.07 Å². The molecule has 1 atom stereocenters. The fraction of sp³-hybridized carbons (Fsp3) is 0.333. The van der Waals surface area contributed by atoms with Crippen molar-refractivity contribution in [3.8, 4) is 6.07 Å². The van der Waals surface area contributed by atoms with E-state index >= 15 is 0 Å². The van der Waals surface area contributed by atoms with Gasteiger partial charge in [0.2, 0.25) is 0 Å². The number of carbonyl (C=O) groups is 1. The van der Waals surface area contributed by atoms with Crippen molar-refractivity contribution in [1.29, 1.82) is 5.26 Å². The summed E-state index contributed by atoms with van der Waals surface area (Å²) in [5, 5.41) is 8.97. The first-order valence-electron chi connectivity index (χ1n) is 4.76. The average molecular weight is 221 g/mol. The van der Waals surface area contributed by atoms with E-state index < -0.39 is 17.2 Å². The quantitative estimate of drug-likeness (QED) is 0.734. The van der Waals surface area contributed by atoms with Gasteiger partial charge in [0.25, 0.3) is 0 Å². The van der Waals surface area contributed by atoms with Gasteiger partial charge in [-0.3, -0.25) is 4.79 Å². The number of methoxy groups -OCH3 is 1. The Bertz CT molecular complexity index is 439. The lowest BCUT2D eigenvalue weighted by Gasteiger charge is -2.18. The van der Waals surface area contributed by atoms with E-state index in [1.54, 1.807) is 18.2 Å². The average Bonchev–Trinajstić information content (AvgIpc) is 2.31. The molecule has 0 radical (unpaired) electrons. The SMILES string of the molecule is COC(=O)C(C)(C#N)Cc1ccccc1F. The minimum Gasteiger partial charge on any atom is -0.468 e. The van der Waals surface area contributed by atoms with Crippen LogP contribution in [0.2, 0.25) is 0 Å². The molecule has 0 saturated carbocycles. The molecule has 1 aromatic rings. The number of esters is 1. The van der Waals surface area contributed by atoms with Crippen LogP contribution in [-0.2, 0) is 16.0 Å². The van der Waals surface area contributed by atoms with Crippen LogP contribution in [0.5, 0.6) is 0 Å². The van der Waals surface area contributed by atoms with Gasteiger partial charge in [0.1, 0.15) is 5.82 Å². The highest BCUT2D eigenvalue weighted by Crippen LogP contribution is 2.24. The summed E-state index contributed by atoms with van der Waals surface area (Å²) in [7, 11) is 1.21. The number of halogens is 1. The summed E-state index contributed by atoms with van der Waals surface area (Å²) >= 11 is 0. The van der Waals surface area contributed by atoms with Crippen molar-refractivity contribution >= 4 is 5.97 Å². The van der Waals surface area contributed by atoms with Crippen LogP contribution < -0.4 is 0 Å². The Kier molecular flexibility index (Phi) is 3.62. The molecule has 0 spiro atoms. The highest BCUT2D eigenvalue weighted by molar-refractivity contribution is 5.79. The smallest absolute Gasteiger partial charge is 0.326 e. The molecule has 1 aromatic carbocycles. The van der Waals surface area contributed by atoms with Gasteiger partial charge in [0.05, 0.1) is 13.2 Å². The van der Waals surface area contributed by atoms with Crippen molar-refractivity contribution in [3.05, 3.63) is 35.6 Å². The number of hydrogen-bond acceptors (Lipinski definition) is 3. The predicted molar refractivity (Wildman–Crippen MR) is 55.8 cm³/mol. The number of nitriles is 1. The maximum atomic E-state index is 13.4. The van der Waals surface area contributed by atoms with Crippen molar-refractivity contribution in [2.45, 2.75) is 13.3 Å². The topological polar surface area (TPSA) is 50.1 Å². The Hall–Kier alpha value is -1.89. The van der Waals surface area contributed by atoms with E-state index in [0.717, 1.165) is 0 Å². The number of ether oxygens (including phenoxy) is 1. The van der Waals surface area contributed by atoms with Gasteiger partial charge in [0, 0.05) is 6.42 Å². The second kappa shape index (κ2) is 4.75. The molecule has 0 fully saturated rings. The van der Waals surface area contributed by atoms with Crippen LogP contribution in [0.4, 0.5) is 4.39 Å². The lowest BCUT2D eigenvalue weighted by atomic mass is 9.85. The van der Waals surface area contributed by atoms with Crippen LogP contribution in [0, 0.1) is 22.6 Å². The number of carbonyl (C=O) groups excluding carboxylic acids is 1. The van der Waals surface area contributed by atoms with Crippen LogP contribution in [0.1, 0.15) is 12.5 Å². The van der Waals surface area contributed by atoms with Crippen molar-refractivity contribution in [1.82, 2.24) is 0 Å². The van der Waals surface area contributed by atoms with Gasteiger partial charge in [-0.2, -0.15) is 5.26 Å². The molecule has 1 rings (SSSR count). The molecule has 0 aliphatic heterocycles. The fourth-order valence-corrected chi connectivity index (χ4v) is 1.41. The summed E-state index contributed by atoms with van der Waals surface area (Å²) < 4.78 is 17.9. The van der Waals surface area contributed by atoms with E-state index in [0.29, 0.717) is 5.56 Å². The molecule has 4 heteroatoms. The van der Waals surface area contributed by atoms with Gasteiger partial charge >= 0.3 is 5.97 Å². The Balaban J connectivity index is 3.00. The van der Waals surface area contributed by atoms with E-state index in [2.05, 4.69) is 4.74 Å². The minimum absolute atomic E-state index is 0.00282. The Labute approximate surface area is 93.5 Å². The van der Waals surface area contributed by atoms with Gasteiger partial charge in [-0.25, -0.2) is 4.39 Å². The summed E-state index contributed by atoms with van der Waals surface area (Å²) in [6.07, 6.45) is 0.00282. The summed E-state index contributed by atoms with van der Waals surface area (Å²) in [6, 6.07) is 7.93. The standard InChI is InChI=1S/C12H12FNO2/c1-12(8-14,11(15)16-2)7-9-5-3-4-6-10(9)13/h3-6H,7H2,1-2H3. The van der Waals surface area contributed by atoms with Gasteiger partial charge < -0.3 is 4.74 Å². The monoisotopic (exact) mass is 221 g/mol. The normalized spacial score (nSPS) is 13.6. The molecule has 0 amide bonds. The molecule has 0 heterocycles. The van der Waals surface area contributed by atoms with E-state index in [4.69, 9.17) is 5.26 Å². The Morgan fingerprint density at radius 2 is 2.19 bits per heavy atom. The van der Waals surface area contributed by atoms with Crippen LogP contribution in [0.3, 0.4) is 0 Å². The zero-order valence-corrected chi connectivity index (χ0v) is 9.16. The van der Waals surface area contributed by atoms with Crippen molar-refractivity contribution < 1.29 is 13.9 Å². The number of hydrogen-bond donors (Lipinski definition) is 0. The molecule has 0 saturated heterocycles. The van der Waals surface area contributed by atoms with Crippen LogP contribution in [0.15, 0.2) is 24.3 Å². The van der Waals surface area contributed by atoms with Gasteiger partial charge in [-0.15, -0.1) is 0 Å². The molecular formula is C12H12FNO2. The molecule has 0 bridgehead atoms. The maximum absolute atomic E-state index is 13.4. The van der Waals surface area contributed by atoms with Gasteiger partial charge in [-0.1, -0.05) is 18.2 Å². The highest BCUT2D eigenvalue weighted by atomic mass is 19.1. The van der Waals surface area contributed by atoms with Crippen molar-refractivity contribution in [3.63, 3.8) is 0 Å². The molecule has 16 heavy (non-hydrogen) atoms. The molecule has 0 aliphatic rings. The largest absolute Gasteiger partial charge is 0.468 e. The minimum atomic E-state index is -1.35. The maximum Gasteiger partial charge on any atom is 0.326 e. The molecule has 3 nitrogen and oxygen atoms in total. The number of benzene rings is 1. The molecule has 0 aliphatic carbocycles. The lowest BCUT2D eigenvalue weighted by molar-refractivity contribution is -0.148. The Morgan fingerprint density at radius 1 is 1.56 bits per heavy atom. The zero-order chi connectivity index (χ0) is 12.2. The number of rotatable bonds is 3. The first-order chi connectivity index (χ1) is 7.53.